The van der Waals surface area contributed by atoms with Gasteiger partial charge in [0.25, 0.3) is 0 Å². The van der Waals surface area contributed by atoms with Crippen LogP contribution in [0.25, 0.3) is 0 Å². The van der Waals surface area contributed by atoms with Crippen LogP contribution in [-0.4, -0.2) is 35.4 Å². The molecule has 3 rings (SSSR count). The number of pyridine rings is 1. The van der Waals surface area contributed by atoms with Gasteiger partial charge in [-0.05, 0) is 17.7 Å². The Bertz CT molecular complexity index is 697. The highest BCUT2D eigenvalue weighted by molar-refractivity contribution is 5.89. The van der Waals surface area contributed by atoms with E-state index in [1.54, 1.807) is 36.6 Å². The highest BCUT2D eigenvalue weighted by Gasteiger charge is 2.34. The van der Waals surface area contributed by atoms with Crippen LogP contribution in [0.2, 0.25) is 0 Å². The van der Waals surface area contributed by atoms with Gasteiger partial charge in [-0.25, -0.2) is 4.98 Å². The van der Waals surface area contributed by atoms with E-state index < -0.39 is 0 Å². The number of carbonyl (C=O) groups excluding carboxylic acids is 2. The Morgan fingerprint density at radius 3 is 3.00 bits per heavy atom. The van der Waals surface area contributed by atoms with Crippen molar-refractivity contribution in [2.75, 3.05) is 13.7 Å². The summed E-state index contributed by atoms with van der Waals surface area (Å²) in [6, 6.07) is 7.18. The zero-order valence-electron chi connectivity index (χ0n) is 13.4. The maximum absolute atomic E-state index is 12.3. The van der Waals surface area contributed by atoms with Gasteiger partial charge in [0.1, 0.15) is 5.76 Å². The second kappa shape index (κ2) is 7.16. The van der Waals surface area contributed by atoms with Gasteiger partial charge in [-0.15, -0.1) is 0 Å². The molecule has 3 heterocycles. The second-order valence-corrected chi connectivity index (χ2v) is 5.68. The van der Waals surface area contributed by atoms with Gasteiger partial charge in [0.15, 0.2) is 0 Å². The molecule has 7 nitrogen and oxygen atoms in total. The average molecular weight is 329 g/mol. The van der Waals surface area contributed by atoms with Crippen LogP contribution >= 0.6 is 0 Å². The smallest absolute Gasteiger partial charge is 0.225 e. The Morgan fingerprint density at radius 2 is 2.33 bits per heavy atom. The van der Waals surface area contributed by atoms with Crippen LogP contribution in [-0.2, 0) is 22.7 Å². The molecule has 1 aliphatic heterocycles. The summed E-state index contributed by atoms with van der Waals surface area (Å²) < 4.78 is 10.2. The quantitative estimate of drug-likeness (QED) is 0.865. The number of amides is 2. The van der Waals surface area contributed by atoms with Crippen LogP contribution in [0.1, 0.15) is 17.7 Å². The Labute approximate surface area is 139 Å². The number of likely N-dealkylation sites (tertiary alicyclic amines) is 1. The molecule has 0 aromatic carbocycles. The second-order valence-electron chi connectivity index (χ2n) is 5.68. The molecule has 2 aromatic heterocycles. The average Bonchev–Trinajstić information content (AvgIpc) is 3.24. The van der Waals surface area contributed by atoms with Crippen molar-refractivity contribution in [2.45, 2.75) is 19.5 Å². The summed E-state index contributed by atoms with van der Waals surface area (Å²) in [6.45, 7) is 1.18. The van der Waals surface area contributed by atoms with Gasteiger partial charge >= 0.3 is 0 Å². The third-order valence-electron chi connectivity index (χ3n) is 3.99. The summed E-state index contributed by atoms with van der Waals surface area (Å²) in [7, 11) is 1.55. The zero-order valence-corrected chi connectivity index (χ0v) is 13.4. The van der Waals surface area contributed by atoms with Crippen LogP contribution in [0.15, 0.2) is 41.1 Å². The van der Waals surface area contributed by atoms with Crippen LogP contribution in [0.4, 0.5) is 0 Å². The van der Waals surface area contributed by atoms with Gasteiger partial charge in [0, 0.05) is 31.8 Å². The van der Waals surface area contributed by atoms with Crippen molar-refractivity contribution >= 4 is 11.8 Å². The van der Waals surface area contributed by atoms with Crippen molar-refractivity contribution in [1.29, 1.82) is 0 Å². The normalized spacial score (nSPS) is 17.1. The molecule has 2 aromatic rings. The van der Waals surface area contributed by atoms with E-state index in [1.165, 1.54) is 0 Å². The highest BCUT2D eigenvalue weighted by atomic mass is 16.5. The molecule has 1 unspecified atom stereocenters. The lowest BCUT2D eigenvalue weighted by molar-refractivity contribution is -0.129. The number of carbonyl (C=O) groups is 2. The zero-order chi connectivity index (χ0) is 16.9. The molecule has 0 aliphatic carbocycles. The number of nitrogens with one attached hydrogen (secondary N) is 1. The standard InChI is InChI=1S/C17H19N3O4/c1-23-15-5-4-12(8-18-15)9-19-17(22)13-7-16(21)20(10-13)11-14-3-2-6-24-14/h2-6,8,13H,7,9-11H2,1H3,(H,19,22). The van der Waals surface area contributed by atoms with E-state index in [1.807, 2.05) is 12.1 Å². The largest absolute Gasteiger partial charge is 0.481 e. The summed E-state index contributed by atoms with van der Waals surface area (Å²) in [4.78, 5) is 30.1. The van der Waals surface area contributed by atoms with E-state index in [9.17, 15) is 9.59 Å². The van der Waals surface area contributed by atoms with Gasteiger partial charge in [-0.2, -0.15) is 0 Å². The van der Waals surface area contributed by atoms with Crippen LogP contribution in [0.3, 0.4) is 0 Å². The van der Waals surface area contributed by atoms with Gasteiger partial charge in [0.2, 0.25) is 17.7 Å². The fourth-order valence-electron chi connectivity index (χ4n) is 2.66. The lowest BCUT2D eigenvalue weighted by atomic mass is 10.1. The number of hydrogen-bond donors (Lipinski definition) is 1. The number of furan rings is 1. The third-order valence-corrected chi connectivity index (χ3v) is 3.99. The molecule has 0 radical (unpaired) electrons. The molecule has 24 heavy (non-hydrogen) atoms. The van der Waals surface area contributed by atoms with E-state index in [4.69, 9.17) is 9.15 Å². The van der Waals surface area contributed by atoms with E-state index in [2.05, 4.69) is 10.3 Å². The highest BCUT2D eigenvalue weighted by Crippen LogP contribution is 2.20. The van der Waals surface area contributed by atoms with Gasteiger partial charge in [-0.1, -0.05) is 6.07 Å². The fraction of sp³-hybridized carbons (Fsp3) is 0.353. The minimum Gasteiger partial charge on any atom is -0.481 e. The molecule has 126 valence electrons. The Hall–Kier alpha value is -2.83. The maximum Gasteiger partial charge on any atom is 0.225 e. The van der Waals surface area contributed by atoms with Crippen molar-refractivity contribution in [3.8, 4) is 5.88 Å². The first-order valence-electron chi connectivity index (χ1n) is 7.72. The van der Waals surface area contributed by atoms with E-state index in [0.29, 0.717) is 31.3 Å². The predicted octanol–water partition coefficient (Wildman–Crippen LogP) is 1.35. The summed E-state index contributed by atoms with van der Waals surface area (Å²) in [5, 5.41) is 2.86. The number of rotatable bonds is 6. The first kappa shape index (κ1) is 16.0. The fourth-order valence-corrected chi connectivity index (χ4v) is 2.66. The summed E-state index contributed by atoms with van der Waals surface area (Å²) in [6.07, 6.45) is 3.46. The molecule has 0 bridgehead atoms. The predicted molar refractivity (Wildman–Crippen MR) is 84.9 cm³/mol. The van der Waals surface area contributed by atoms with E-state index in [-0.39, 0.29) is 24.2 Å². The van der Waals surface area contributed by atoms with Crippen molar-refractivity contribution in [3.05, 3.63) is 48.0 Å². The molecule has 0 saturated carbocycles. The van der Waals surface area contributed by atoms with E-state index in [0.717, 1.165) is 5.56 Å². The van der Waals surface area contributed by atoms with Gasteiger partial charge < -0.3 is 19.4 Å². The van der Waals surface area contributed by atoms with E-state index >= 15 is 0 Å². The third kappa shape index (κ3) is 3.73. The lowest BCUT2D eigenvalue weighted by Gasteiger charge is -2.15. The topological polar surface area (TPSA) is 84.7 Å². The molecular weight excluding hydrogens is 310 g/mol. The maximum atomic E-state index is 12.3. The molecule has 1 fully saturated rings. The minimum absolute atomic E-state index is 0.0299. The summed E-state index contributed by atoms with van der Waals surface area (Å²) in [5.41, 5.74) is 0.876. The molecule has 1 atom stereocenters. The Morgan fingerprint density at radius 1 is 1.46 bits per heavy atom. The molecule has 2 amide bonds. The molecular formula is C17H19N3O4. The Kier molecular flexibility index (Phi) is 4.79. The van der Waals surface area contributed by atoms with Crippen molar-refractivity contribution in [1.82, 2.24) is 15.2 Å². The minimum atomic E-state index is -0.335. The molecule has 0 spiro atoms. The first-order valence-corrected chi connectivity index (χ1v) is 7.72. The van der Waals surface area contributed by atoms with Crippen LogP contribution in [0, 0.1) is 5.92 Å². The summed E-state index contributed by atoms with van der Waals surface area (Å²) in [5.74, 6) is 0.756. The number of ether oxygens (including phenoxy) is 1. The molecule has 1 saturated heterocycles. The number of methoxy groups -OCH3 is 1. The van der Waals surface area contributed by atoms with Crippen molar-refractivity contribution < 1.29 is 18.7 Å². The van der Waals surface area contributed by atoms with Crippen molar-refractivity contribution in [2.24, 2.45) is 5.92 Å². The van der Waals surface area contributed by atoms with Crippen molar-refractivity contribution in [3.63, 3.8) is 0 Å². The summed E-state index contributed by atoms with van der Waals surface area (Å²) >= 11 is 0. The molecule has 7 heteroatoms. The van der Waals surface area contributed by atoms with Crippen LogP contribution in [0.5, 0.6) is 5.88 Å². The monoisotopic (exact) mass is 329 g/mol. The van der Waals surface area contributed by atoms with Crippen LogP contribution < -0.4 is 10.1 Å². The first-order chi connectivity index (χ1) is 11.7. The van der Waals surface area contributed by atoms with Gasteiger partial charge in [-0.3, -0.25) is 9.59 Å². The Balaban J connectivity index is 1.51. The number of aromatic nitrogens is 1. The molecule has 1 aliphatic rings. The molecule has 1 N–H and O–H groups in total. The lowest BCUT2D eigenvalue weighted by Crippen LogP contribution is -2.32. The SMILES string of the molecule is COc1ccc(CNC(=O)C2CC(=O)N(Cc3ccco3)C2)cn1. The number of hydrogen-bond acceptors (Lipinski definition) is 5. The number of nitrogens with zero attached hydrogens (tertiary/aromatic N) is 2. The van der Waals surface area contributed by atoms with Gasteiger partial charge in [0.05, 0.1) is 25.8 Å².